The van der Waals surface area contributed by atoms with Gasteiger partial charge in [-0.1, -0.05) is 28.1 Å². The predicted octanol–water partition coefficient (Wildman–Crippen LogP) is 3.77. The molecule has 2 aromatic carbocycles. The minimum atomic E-state index is -4.39. The molecule has 2 N–H and O–H groups in total. The number of aromatic nitrogens is 2. The summed E-state index contributed by atoms with van der Waals surface area (Å²) in [4.78, 5) is 29.0. The van der Waals surface area contributed by atoms with Crippen molar-refractivity contribution in [3.05, 3.63) is 63.6 Å². The Labute approximate surface area is 165 Å². The summed E-state index contributed by atoms with van der Waals surface area (Å²) >= 11 is 3.28. The molecule has 10 heteroatoms. The molecular weight excluding hydrogens is 441 g/mol. The molecule has 0 spiro atoms. The fraction of sp³-hybridized carbons (Fsp3) is 0.167. The lowest BCUT2D eigenvalue weighted by Crippen LogP contribution is -2.28. The Balaban J connectivity index is 1.77. The van der Waals surface area contributed by atoms with Crippen LogP contribution in [0.5, 0.6) is 0 Å². The molecule has 0 atom stereocenters. The van der Waals surface area contributed by atoms with Crippen molar-refractivity contribution in [3.8, 4) is 0 Å². The van der Waals surface area contributed by atoms with Crippen molar-refractivity contribution in [2.45, 2.75) is 12.7 Å². The molecule has 28 heavy (non-hydrogen) atoms. The Bertz CT molecular complexity index is 1080. The highest BCUT2D eigenvalue weighted by Crippen LogP contribution is 2.23. The number of halogens is 4. The van der Waals surface area contributed by atoms with E-state index in [1.807, 2.05) is 0 Å². The van der Waals surface area contributed by atoms with Crippen molar-refractivity contribution in [1.82, 2.24) is 9.55 Å². The molecule has 146 valence electrons. The monoisotopic (exact) mass is 454 g/mol. The molecule has 1 heterocycles. The summed E-state index contributed by atoms with van der Waals surface area (Å²) < 4.78 is 39.1. The summed E-state index contributed by atoms with van der Waals surface area (Å²) in [5.74, 6) is -0.570. The SMILES string of the molecule is O=C(Cn1cnc2ccc(Br)cc2c1=O)Nc1ccccc1NCC(F)(F)F. The molecule has 0 aliphatic rings. The molecule has 0 saturated carbocycles. The van der Waals surface area contributed by atoms with Crippen LogP contribution < -0.4 is 16.2 Å². The van der Waals surface area contributed by atoms with E-state index in [2.05, 4.69) is 31.5 Å². The van der Waals surface area contributed by atoms with Crippen LogP contribution in [0.25, 0.3) is 10.9 Å². The number of nitrogens with zero attached hydrogens (tertiary/aromatic N) is 2. The average molecular weight is 455 g/mol. The first-order valence-corrected chi connectivity index (χ1v) is 8.86. The number of rotatable bonds is 5. The van der Waals surface area contributed by atoms with Crippen LogP contribution >= 0.6 is 15.9 Å². The highest BCUT2D eigenvalue weighted by molar-refractivity contribution is 9.10. The number of benzene rings is 2. The minimum absolute atomic E-state index is 0.126. The van der Waals surface area contributed by atoms with Gasteiger partial charge in [0.25, 0.3) is 5.56 Å². The summed E-state index contributed by atoms with van der Waals surface area (Å²) in [5.41, 5.74) is 0.402. The number of nitrogens with one attached hydrogen (secondary N) is 2. The topological polar surface area (TPSA) is 76.0 Å². The van der Waals surface area contributed by atoms with E-state index < -0.39 is 24.2 Å². The fourth-order valence-corrected chi connectivity index (χ4v) is 2.89. The zero-order chi connectivity index (χ0) is 20.3. The maximum Gasteiger partial charge on any atom is 0.405 e. The van der Waals surface area contributed by atoms with E-state index >= 15 is 0 Å². The highest BCUT2D eigenvalue weighted by Gasteiger charge is 2.27. The summed E-state index contributed by atoms with van der Waals surface area (Å²) in [6.07, 6.45) is -3.14. The minimum Gasteiger partial charge on any atom is -0.375 e. The molecule has 0 aliphatic heterocycles. The third-order valence-corrected chi connectivity index (χ3v) is 4.27. The molecule has 0 saturated heterocycles. The molecule has 0 bridgehead atoms. The van der Waals surface area contributed by atoms with Gasteiger partial charge in [-0.2, -0.15) is 13.2 Å². The Morgan fingerprint density at radius 1 is 1.14 bits per heavy atom. The van der Waals surface area contributed by atoms with Crippen LogP contribution in [-0.2, 0) is 11.3 Å². The second-order valence-corrected chi connectivity index (χ2v) is 6.82. The maximum atomic E-state index is 12.5. The smallest absolute Gasteiger partial charge is 0.375 e. The van der Waals surface area contributed by atoms with Gasteiger partial charge in [0.2, 0.25) is 5.91 Å². The Morgan fingerprint density at radius 3 is 2.57 bits per heavy atom. The number of carbonyl (C=O) groups is 1. The van der Waals surface area contributed by atoms with Crippen LogP contribution in [0, 0.1) is 0 Å². The number of anilines is 2. The summed E-state index contributed by atoms with van der Waals surface area (Å²) in [5, 5.41) is 5.10. The number of amides is 1. The standard InChI is InChI=1S/C18H14BrF3N4O2/c19-11-5-6-13-12(7-11)17(28)26(10-24-13)8-16(27)25-15-4-2-1-3-14(15)23-9-18(20,21)22/h1-7,10,23H,8-9H2,(H,25,27). The molecule has 0 radical (unpaired) electrons. The van der Waals surface area contributed by atoms with Gasteiger partial charge in [0, 0.05) is 4.47 Å². The molecule has 1 aromatic heterocycles. The number of hydrogen-bond acceptors (Lipinski definition) is 4. The maximum absolute atomic E-state index is 12.5. The molecule has 1 amide bonds. The lowest BCUT2D eigenvalue weighted by atomic mass is 10.2. The summed E-state index contributed by atoms with van der Waals surface area (Å²) in [6, 6.07) is 11.0. The van der Waals surface area contributed by atoms with Crippen molar-refractivity contribution in [1.29, 1.82) is 0 Å². The zero-order valence-corrected chi connectivity index (χ0v) is 15.8. The average Bonchev–Trinajstić information content (AvgIpc) is 2.63. The quantitative estimate of drug-likeness (QED) is 0.615. The summed E-state index contributed by atoms with van der Waals surface area (Å²) in [6.45, 7) is -1.56. The van der Waals surface area contributed by atoms with E-state index in [1.54, 1.807) is 30.3 Å². The van der Waals surface area contributed by atoms with Gasteiger partial charge < -0.3 is 10.6 Å². The number of carbonyl (C=O) groups excluding carboxylic acids is 1. The van der Waals surface area contributed by atoms with Gasteiger partial charge >= 0.3 is 6.18 Å². The van der Waals surface area contributed by atoms with E-state index in [-0.39, 0.29) is 17.9 Å². The Kier molecular flexibility index (Phi) is 5.68. The molecular formula is C18H14BrF3N4O2. The first-order valence-electron chi connectivity index (χ1n) is 8.07. The first-order chi connectivity index (χ1) is 13.2. The van der Waals surface area contributed by atoms with Crippen LogP contribution in [0.1, 0.15) is 0 Å². The second kappa shape index (κ2) is 8.01. The van der Waals surface area contributed by atoms with E-state index in [9.17, 15) is 22.8 Å². The number of alkyl halides is 3. The van der Waals surface area contributed by atoms with Gasteiger partial charge in [0.1, 0.15) is 13.1 Å². The lowest BCUT2D eigenvalue weighted by molar-refractivity contribution is -0.117. The fourth-order valence-electron chi connectivity index (χ4n) is 2.53. The second-order valence-electron chi connectivity index (χ2n) is 5.90. The zero-order valence-electron chi connectivity index (χ0n) is 14.3. The van der Waals surface area contributed by atoms with E-state index in [1.165, 1.54) is 18.5 Å². The highest BCUT2D eigenvalue weighted by atomic mass is 79.9. The third kappa shape index (κ3) is 4.89. The van der Waals surface area contributed by atoms with Crippen LogP contribution in [0.15, 0.2) is 58.1 Å². The van der Waals surface area contributed by atoms with Crippen LogP contribution in [0.4, 0.5) is 24.5 Å². The van der Waals surface area contributed by atoms with Gasteiger partial charge in [-0.15, -0.1) is 0 Å². The number of hydrogen-bond donors (Lipinski definition) is 2. The molecule has 0 unspecified atom stereocenters. The third-order valence-electron chi connectivity index (χ3n) is 3.78. The van der Waals surface area contributed by atoms with E-state index in [0.29, 0.717) is 15.4 Å². The van der Waals surface area contributed by atoms with E-state index in [4.69, 9.17) is 0 Å². The Morgan fingerprint density at radius 2 is 1.86 bits per heavy atom. The van der Waals surface area contributed by atoms with Crippen molar-refractivity contribution in [3.63, 3.8) is 0 Å². The molecule has 0 aliphatic carbocycles. The number of para-hydroxylation sites is 2. The van der Waals surface area contributed by atoms with Crippen LogP contribution in [0.3, 0.4) is 0 Å². The normalized spacial score (nSPS) is 11.4. The van der Waals surface area contributed by atoms with Gasteiger partial charge in [-0.25, -0.2) is 4.98 Å². The van der Waals surface area contributed by atoms with Crippen molar-refractivity contribution < 1.29 is 18.0 Å². The predicted molar refractivity (Wildman–Crippen MR) is 103 cm³/mol. The molecule has 0 fully saturated rings. The molecule has 6 nitrogen and oxygen atoms in total. The first kappa shape index (κ1) is 19.9. The van der Waals surface area contributed by atoms with Crippen molar-refractivity contribution in [2.24, 2.45) is 0 Å². The van der Waals surface area contributed by atoms with Gasteiger partial charge in [0.05, 0.1) is 28.6 Å². The lowest BCUT2D eigenvalue weighted by Gasteiger charge is -2.14. The molecule has 3 aromatic rings. The van der Waals surface area contributed by atoms with Crippen molar-refractivity contribution in [2.75, 3.05) is 17.2 Å². The van der Waals surface area contributed by atoms with Gasteiger partial charge in [0.15, 0.2) is 0 Å². The van der Waals surface area contributed by atoms with Gasteiger partial charge in [-0.3, -0.25) is 14.2 Å². The largest absolute Gasteiger partial charge is 0.405 e. The van der Waals surface area contributed by atoms with Crippen LogP contribution in [-0.4, -0.2) is 28.2 Å². The number of fused-ring (bicyclic) bond motifs is 1. The Hall–Kier alpha value is -2.88. The van der Waals surface area contributed by atoms with Gasteiger partial charge in [-0.05, 0) is 30.3 Å². The molecule has 3 rings (SSSR count). The van der Waals surface area contributed by atoms with E-state index in [0.717, 1.165) is 4.57 Å². The van der Waals surface area contributed by atoms with Crippen LogP contribution in [0.2, 0.25) is 0 Å². The summed E-state index contributed by atoms with van der Waals surface area (Å²) in [7, 11) is 0. The van der Waals surface area contributed by atoms with Crippen molar-refractivity contribution >= 4 is 44.1 Å².